The number of likely N-dealkylation sites (tertiary alicyclic amines) is 1. The van der Waals surface area contributed by atoms with Crippen LogP contribution >= 0.6 is 11.3 Å². The van der Waals surface area contributed by atoms with Gasteiger partial charge in [-0.05, 0) is 37.8 Å². The Labute approximate surface area is 162 Å². The number of carbonyl (C=O) groups excluding carboxylic acids is 2. The molecule has 6 nitrogen and oxygen atoms in total. The Hall–Kier alpha value is -1.99. The first-order valence-electron chi connectivity index (χ1n) is 9.90. The molecular weight excluding hydrogens is 360 g/mol. The molecule has 0 bridgehead atoms. The number of benzene rings is 1. The molecule has 2 saturated heterocycles. The van der Waals surface area contributed by atoms with Crippen LogP contribution in [0.3, 0.4) is 0 Å². The van der Waals surface area contributed by atoms with E-state index >= 15 is 0 Å². The SMILES string of the molecule is O=C1NC2(CCCCC2)C(=O)N1CN1CCCC1c1nc2ccccc2s1. The van der Waals surface area contributed by atoms with Gasteiger partial charge in [0, 0.05) is 6.54 Å². The number of fused-ring (bicyclic) bond motifs is 1. The van der Waals surface area contributed by atoms with Gasteiger partial charge in [-0.15, -0.1) is 11.3 Å². The zero-order chi connectivity index (χ0) is 18.4. The van der Waals surface area contributed by atoms with E-state index in [-0.39, 0.29) is 18.0 Å². The third-order valence-corrected chi connectivity index (χ3v) is 7.37. The van der Waals surface area contributed by atoms with Gasteiger partial charge in [0.05, 0.1) is 22.9 Å². The molecule has 1 aromatic carbocycles. The predicted octanol–water partition coefficient (Wildman–Crippen LogP) is 3.65. The fraction of sp³-hybridized carbons (Fsp3) is 0.550. The van der Waals surface area contributed by atoms with Gasteiger partial charge in [0.15, 0.2) is 0 Å². The number of nitrogens with zero attached hydrogens (tertiary/aromatic N) is 3. The third kappa shape index (κ3) is 2.84. The van der Waals surface area contributed by atoms with Crippen LogP contribution in [0.5, 0.6) is 0 Å². The van der Waals surface area contributed by atoms with Crippen LogP contribution in [0.15, 0.2) is 24.3 Å². The molecule has 7 heteroatoms. The average Bonchev–Trinajstić information content (AvgIpc) is 3.36. The second-order valence-corrected chi connectivity index (χ2v) is 9.00. The fourth-order valence-corrected chi connectivity index (χ4v) is 5.93. The molecule has 1 spiro atoms. The minimum Gasteiger partial charge on any atom is -0.323 e. The standard InChI is InChI=1S/C20H24N4O2S/c25-18-20(10-4-1-5-11-20)22-19(26)24(18)13-23-12-6-8-15(23)17-21-14-7-2-3-9-16(14)27-17/h2-3,7,9,15H,1,4-6,8,10-13H2,(H,22,26). The van der Waals surface area contributed by atoms with Gasteiger partial charge in [0.2, 0.25) is 0 Å². The van der Waals surface area contributed by atoms with Crippen molar-refractivity contribution < 1.29 is 9.59 Å². The summed E-state index contributed by atoms with van der Waals surface area (Å²) in [5.74, 6) is -0.0258. The highest BCUT2D eigenvalue weighted by Gasteiger charge is 2.52. The second kappa shape index (κ2) is 6.56. The first-order valence-corrected chi connectivity index (χ1v) is 10.7. The molecule has 1 atom stereocenters. The monoisotopic (exact) mass is 384 g/mol. The van der Waals surface area contributed by atoms with E-state index in [4.69, 9.17) is 4.98 Å². The lowest BCUT2D eigenvalue weighted by Gasteiger charge is -2.31. The maximum Gasteiger partial charge on any atom is 0.326 e. The molecule has 3 amide bonds. The van der Waals surface area contributed by atoms with Gasteiger partial charge in [0.25, 0.3) is 5.91 Å². The van der Waals surface area contributed by atoms with Gasteiger partial charge >= 0.3 is 6.03 Å². The highest BCUT2D eigenvalue weighted by molar-refractivity contribution is 7.18. The molecule has 27 heavy (non-hydrogen) atoms. The summed E-state index contributed by atoms with van der Waals surface area (Å²) in [5, 5.41) is 4.11. The number of carbonyl (C=O) groups is 2. The second-order valence-electron chi connectivity index (χ2n) is 7.94. The number of rotatable bonds is 3. The van der Waals surface area contributed by atoms with Crippen LogP contribution < -0.4 is 5.32 Å². The van der Waals surface area contributed by atoms with Crippen molar-refractivity contribution in [2.75, 3.05) is 13.2 Å². The summed E-state index contributed by atoms with van der Waals surface area (Å²) < 4.78 is 1.19. The third-order valence-electron chi connectivity index (χ3n) is 6.24. The van der Waals surface area contributed by atoms with Crippen LogP contribution in [0.2, 0.25) is 0 Å². The Kier molecular flexibility index (Phi) is 4.16. The molecule has 2 aromatic rings. The fourth-order valence-electron chi connectivity index (χ4n) is 4.79. The highest BCUT2D eigenvalue weighted by atomic mass is 32.1. The number of aromatic nitrogens is 1. The van der Waals surface area contributed by atoms with Crippen LogP contribution in [0.4, 0.5) is 4.79 Å². The molecule has 1 aromatic heterocycles. The van der Waals surface area contributed by atoms with Crippen molar-refractivity contribution in [3.05, 3.63) is 29.3 Å². The Balaban J connectivity index is 1.36. The first kappa shape index (κ1) is 17.1. The van der Waals surface area contributed by atoms with Crippen LogP contribution in [0.25, 0.3) is 10.2 Å². The number of thiazole rings is 1. The molecule has 1 saturated carbocycles. The van der Waals surface area contributed by atoms with E-state index in [9.17, 15) is 9.59 Å². The summed E-state index contributed by atoms with van der Waals surface area (Å²) in [6.45, 7) is 1.26. The Morgan fingerprint density at radius 3 is 2.78 bits per heavy atom. The van der Waals surface area contributed by atoms with E-state index in [2.05, 4.69) is 16.3 Å². The largest absolute Gasteiger partial charge is 0.326 e. The number of urea groups is 1. The molecule has 3 fully saturated rings. The summed E-state index contributed by atoms with van der Waals surface area (Å²) in [6, 6.07) is 8.14. The molecule has 142 valence electrons. The topological polar surface area (TPSA) is 65.5 Å². The number of amides is 3. The van der Waals surface area contributed by atoms with Crippen molar-refractivity contribution in [1.29, 1.82) is 0 Å². The van der Waals surface area contributed by atoms with Crippen molar-refractivity contribution >= 4 is 33.5 Å². The highest BCUT2D eigenvalue weighted by Crippen LogP contribution is 2.38. The zero-order valence-electron chi connectivity index (χ0n) is 15.3. The number of para-hydroxylation sites is 1. The quantitative estimate of drug-likeness (QED) is 0.821. The number of hydrogen-bond donors (Lipinski definition) is 1. The van der Waals surface area contributed by atoms with Crippen LogP contribution in [0.1, 0.15) is 56.0 Å². The lowest BCUT2D eigenvalue weighted by molar-refractivity contribution is -0.134. The Bertz CT molecular complexity index is 856. The molecule has 0 radical (unpaired) electrons. The van der Waals surface area contributed by atoms with Crippen molar-refractivity contribution in [2.45, 2.75) is 56.5 Å². The lowest BCUT2D eigenvalue weighted by Crippen LogP contribution is -2.49. The zero-order valence-corrected chi connectivity index (χ0v) is 16.1. The number of nitrogens with one attached hydrogen (secondary N) is 1. The Morgan fingerprint density at radius 1 is 1.15 bits per heavy atom. The smallest absolute Gasteiger partial charge is 0.323 e. The average molecular weight is 385 g/mol. The van der Waals surface area contributed by atoms with Gasteiger partial charge in [-0.3, -0.25) is 9.69 Å². The van der Waals surface area contributed by atoms with E-state index in [1.807, 2.05) is 18.2 Å². The molecule has 1 N–H and O–H groups in total. The van der Waals surface area contributed by atoms with Gasteiger partial charge in [-0.25, -0.2) is 14.7 Å². The first-order chi connectivity index (χ1) is 13.2. The van der Waals surface area contributed by atoms with Crippen LogP contribution in [-0.2, 0) is 4.79 Å². The summed E-state index contributed by atoms with van der Waals surface area (Å²) >= 11 is 1.72. The lowest BCUT2D eigenvalue weighted by atomic mass is 9.82. The molecular formula is C20H24N4O2S. The molecule has 1 unspecified atom stereocenters. The molecule has 2 aliphatic heterocycles. The Morgan fingerprint density at radius 2 is 1.96 bits per heavy atom. The number of imide groups is 1. The van der Waals surface area contributed by atoms with Crippen LogP contribution in [0, 0.1) is 0 Å². The van der Waals surface area contributed by atoms with Gasteiger partial charge in [0.1, 0.15) is 10.5 Å². The van der Waals surface area contributed by atoms with Gasteiger partial charge in [-0.1, -0.05) is 31.4 Å². The van der Waals surface area contributed by atoms with E-state index in [0.717, 1.165) is 62.0 Å². The molecule has 3 aliphatic rings. The molecule has 5 rings (SSSR count). The van der Waals surface area contributed by atoms with E-state index in [1.54, 1.807) is 11.3 Å². The van der Waals surface area contributed by atoms with Crippen LogP contribution in [-0.4, -0.2) is 45.5 Å². The maximum atomic E-state index is 13.1. The van der Waals surface area contributed by atoms with Crippen molar-refractivity contribution in [2.24, 2.45) is 0 Å². The van der Waals surface area contributed by atoms with Gasteiger partial charge < -0.3 is 5.32 Å². The predicted molar refractivity (Wildman–Crippen MR) is 104 cm³/mol. The van der Waals surface area contributed by atoms with Crippen molar-refractivity contribution in [3.63, 3.8) is 0 Å². The summed E-state index contributed by atoms with van der Waals surface area (Å²) in [5.41, 5.74) is 0.390. The minimum atomic E-state index is -0.638. The molecule has 3 heterocycles. The van der Waals surface area contributed by atoms with E-state index in [0.29, 0.717) is 6.67 Å². The number of hydrogen-bond acceptors (Lipinski definition) is 5. The summed E-state index contributed by atoms with van der Waals surface area (Å²) in [7, 11) is 0. The summed E-state index contributed by atoms with van der Waals surface area (Å²) in [4.78, 5) is 34.2. The summed E-state index contributed by atoms with van der Waals surface area (Å²) in [6.07, 6.45) is 6.81. The van der Waals surface area contributed by atoms with Gasteiger partial charge in [-0.2, -0.15) is 0 Å². The molecule has 1 aliphatic carbocycles. The van der Waals surface area contributed by atoms with Crippen molar-refractivity contribution in [1.82, 2.24) is 20.1 Å². The maximum absolute atomic E-state index is 13.1. The van der Waals surface area contributed by atoms with E-state index in [1.165, 1.54) is 9.60 Å². The van der Waals surface area contributed by atoms with Crippen molar-refractivity contribution in [3.8, 4) is 0 Å². The normalized spacial score (nSPS) is 25.6. The minimum absolute atomic E-state index is 0.0258. The van der Waals surface area contributed by atoms with E-state index < -0.39 is 5.54 Å².